The minimum atomic E-state index is 0.404. The van der Waals surface area contributed by atoms with E-state index in [4.69, 9.17) is 18.0 Å². The van der Waals surface area contributed by atoms with Gasteiger partial charge in [0.1, 0.15) is 10.8 Å². The highest BCUT2D eigenvalue weighted by atomic mass is 32.1. The van der Waals surface area contributed by atoms with Gasteiger partial charge in [-0.25, -0.2) is 4.98 Å². The number of nitrogens with two attached hydrogens (primary N) is 1. The van der Waals surface area contributed by atoms with Crippen molar-refractivity contribution in [1.82, 2.24) is 4.98 Å². The average Bonchev–Trinajstić information content (AvgIpc) is 2.39. The number of aromatic nitrogens is 1. The van der Waals surface area contributed by atoms with Crippen molar-refractivity contribution >= 4 is 28.7 Å². The molecule has 0 unspecified atom stereocenters. The van der Waals surface area contributed by atoms with Crippen molar-refractivity contribution in [3.63, 3.8) is 0 Å². The molecule has 86 valence electrons. The normalized spacial score (nSPS) is 9.94. The maximum Gasteiger partial charge on any atom is 0.132 e. The van der Waals surface area contributed by atoms with Gasteiger partial charge in [0.15, 0.2) is 0 Å². The topological polar surface area (TPSA) is 42.1 Å². The standard InChI is InChI=1S/C13H13N3S/c1-16(12-7-2-3-8-15-12)11-6-4-5-10(9-11)13(14)17/h2-9H,1H3,(H2,14,17). The largest absolute Gasteiger partial charge is 0.389 e. The summed E-state index contributed by atoms with van der Waals surface area (Å²) in [5.74, 6) is 0.882. The third kappa shape index (κ3) is 2.60. The van der Waals surface area contributed by atoms with E-state index in [9.17, 15) is 0 Å². The Morgan fingerprint density at radius 3 is 2.71 bits per heavy atom. The van der Waals surface area contributed by atoms with Crippen LogP contribution in [0.4, 0.5) is 11.5 Å². The fourth-order valence-corrected chi connectivity index (χ4v) is 1.68. The van der Waals surface area contributed by atoms with Gasteiger partial charge in [-0.2, -0.15) is 0 Å². The van der Waals surface area contributed by atoms with Crippen LogP contribution in [0.5, 0.6) is 0 Å². The summed E-state index contributed by atoms with van der Waals surface area (Å²) in [6.45, 7) is 0. The Kier molecular flexibility index (Phi) is 3.35. The van der Waals surface area contributed by atoms with Gasteiger partial charge in [0, 0.05) is 24.5 Å². The molecule has 0 radical (unpaired) electrons. The summed E-state index contributed by atoms with van der Waals surface area (Å²) in [4.78, 5) is 6.68. The van der Waals surface area contributed by atoms with E-state index >= 15 is 0 Å². The molecule has 3 nitrogen and oxygen atoms in total. The van der Waals surface area contributed by atoms with Crippen molar-refractivity contribution in [3.8, 4) is 0 Å². The molecular formula is C13H13N3S. The molecule has 1 heterocycles. The number of hydrogen-bond donors (Lipinski definition) is 1. The van der Waals surface area contributed by atoms with E-state index in [1.165, 1.54) is 0 Å². The van der Waals surface area contributed by atoms with Crippen molar-refractivity contribution in [2.45, 2.75) is 0 Å². The number of hydrogen-bond acceptors (Lipinski definition) is 3. The summed E-state index contributed by atoms with van der Waals surface area (Å²) >= 11 is 4.97. The Hall–Kier alpha value is -1.94. The van der Waals surface area contributed by atoms with Crippen LogP contribution >= 0.6 is 12.2 Å². The lowest BCUT2D eigenvalue weighted by Gasteiger charge is -2.18. The van der Waals surface area contributed by atoms with E-state index in [0.717, 1.165) is 17.1 Å². The molecule has 17 heavy (non-hydrogen) atoms. The van der Waals surface area contributed by atoms with E-state index in [-0.39, 0.29) is 0 Å². The zero-order chi connectivity index (χ0) is 12.3. The van der Waals surface area contributed by atoms with Gasteiger partial charge in [-0.05, 0) is 24.3 Å². The molecule has 0 saturated carbocycles. The van der Waals surface area contributed by atoms with Gasteiger partial charge in [-0.3, -0.25) is 0 Å². The van der Waals surface area contributed by atoms with Gasteiger partial charge >= 0.3 is 0 Å². The second-order valence-corrected chi connectivity index (χ2v) is 4.10. The van der Waals surface area contributed by atoms with E-state index in [1.807, 2.05) is 54.4 Å². The van der Waals surface area contributed by atoms with Crippen molar-refractivity contribution in [2.75, 3.05) is 11.9 Å². The van der Waals surface area contributed by atoms with Crippen LogP contribution in [0.15, 0.2) is 48.7 Å². The minimum Gasteiger partial charge on any atom is -0.389 e. The number of pyridine rings is 1. The number of benzene rings is 1. The van der Waals surface area contributed by atoms with E-state index in [2.05, 4.69) is 4.98 Å². The van der Waals surface area contributed by atoms with E-state index in [1.54, 1.807) is 6.20 Å². The Labute approximate surface area is 106 Å². The molecule has 2 N–H and O–H groups in total. The molecule has 0 bridgehead atoms. The third-order valence-electron chi connectivity index (χ3n) is 2.51. The van der Waals surface area contributed by atoms with Crippen LogP contribution in [0.3, 0.4) is 0 Å². The Morgan fingerprint density at radius 2 is 2.06 bits per heavy atom. The van der Waals surface area contributed by atoms with Gasteiger partial charge in [-0.1, -0.05) is 30.4 Å². The molecule has 4 heteroatoms. The first kappa shape index (κ1) is 11.5. The summed E-state index contributed by atoms with van der Waals surface area (Å²) in [6.07, 6.45) is 1.77. The predicted molar refractivity (Wildman–Crippen MR) is 74.6 cm³/mol. The van der Waals surface area contributed by atoms with Crippen LogP contribution < -0.4 is 10.6 Å². The zero-order valence-electron chi connectivity index (χ0n) is 9.50. The second-order valence-electron chi connectivity index (χ2n) is 3.66. The van der Waals surface area contributed by atoms with Gasteiger partial charge in [-0.15, -0.1) is 0 Å². The summed E-state index contributed by atoms with van der Waals surface area (Å²) < 4.78 is 0. The highest BCUT2D eigenvalue weighted by molar-refractivity contribution is 7.80. The summed E-state index contributed by atoms with van der Waals surface area (Å²) in [5.41, 5.74) is 7.49. The number of anilines is 2. The van der Waals surface area contributed by atoms with Crippen LogP contribution in [0.2, 0.25) is 0 Å². The Morgan fingerprint density at radius 1 is 1.24 bits per heavy atom. The molecule has 1 aromatic carbocycles. The SMILES string of the molecule is CN(c1cccc(C(N)=S)c1)c1ccccn1. The maximum atomic E-state index is 5.62. The quantitative estimate of drug-likeness (QED) is 0.841. The monoisotopic (exact) mass is 243 g/mol. The Balaban J connectivity index is 2.34. The van der Waals surface area contributed by atoms with E-state index < -0.39 is 0 Å². The molecule has 2 aromatic rings. The molecule has 2 rings (SSSR count). The van der Waals surface area contributed by atoms with Crippen LogP contribution in [0.25, 0.3) is 0 Å². The second kappa shape index (κ2) is 4.93. The number of nitrogens with zero attached hydrogens (tertiary/aromatic N) is 2. The molecule has 1 aromatic heterocycles. The lowest BCUT2D eigenvalue weighted by Crippen LogP contribution is -2.13. The zero-order valence-corrected chi connectivity index (χ0v) is 10.3. The highest BCUT2D eigenvalue weighted by Gasteiger charge is 2.05. The molecule has 0 aliphatic rings. The van der Waals surface area contributed by atoms with Gasteiger partial charge < -0.3 is 10.6 Å². The molecule has 0 amide bonds. The first-order valence-corrected chi connectivity index (χ1v) is 5.64. The summed E-state index contributed by atoms with van der Waals surface area (Å²) in [6, 6.07) is 13.6. The first-order valence-electron chi connectivity index (χ1n) is 5.23. The molecule has 0 spiro atoms. The smallest absolute Gasteiger partial charge is 0.132 e. The van der Waals surface area contributed by atoms with Gasteiger partial charge in [0.2, 0.25) is 0 Å². The van der Waals surface area contributed by atoms with Crippen molar-refractivity contribution in [1.29, 1.82) is 0 Å². The fraction of sp³-hybridized carbons (Fsp3) is 0.0769. The predicted octanol–water partition coefficient (Wildman–Crippen LogP) is 2.48. The first-order chi connectivity index (χ1) is 8.18. The van der Waals surface area contributed by atoms with Crippen LogP contribution in [-0.2, 0) is 0 Å². The summed E-state index contributed by atoms with van der Waals surface area (Å²) in [7, 11) is 1.96. The van der Waals surface area contributed by atoms with Gasteiger partial charge in [0.25, 0.3) is 0 Å². The molecule has 0 saturated heterocycles. The number of rotatable bonds is 3. The molecular weight excluding hydrogens is 230 g/mol. The van der Waals surface area contributed by atoms with Crippen molar-refractivity contribution in [2.24, 2.45) is 5.73 Å². The Bertz CT molecular complexity index is 525. The number of thiocarbonyl (C=S) groups is 1. The van der Waals surface area contributed by atoms with Crippen LogP contribution in [-0.4, -0.2) is 17.0 Å². The highest BCUT2D eigenvalue weighted by Crippen LogP contribution is 2.21. The fourth-order valence-electron chi connectivity index (χ4n) is 1.55. The molecule has 0 atom stereocenters. The van der Waals surface area contributed by atoms with Crippen molar-refractivity contribution in [3.05, 3.63) is 54.2 Å². The lowest BCUT2D eigenvalue weighted by atomic mass is 10.2. The lowest BCUT2D eigenvalue weighted by molar-refractivity contribution is 1.13. The average molecular weight is 243 g/mol. The molecule has 0 aliphatic carbocycles. The van der Waals surface area contributed by atoms with Crippen LogP contribution in [0.1, 0.15) is 5.56 Å². The minimum absolute atomic E-state index is 0.404. The molecule has 0 aliphatic heterocycles. The third-order valence-corrected chi connectivity index (χ3v) is 2.75. The van der Waals surface area contributed by atoms with E-state index in [0.29, 0.717) is 4.99 Å². The van der Waals surface area contributed by atoms with Crippen LogP contribution in [0, 0.1) is 0 Å². The summed E-state index contributed by atoms with van der Waals surface area (Å²) in [5, 5.41) is 0. The van der Waals surface area contributed by atoms with Gasteiger partial charge in [0.05, 0.1) is 0 Å². The molecule has 0 fully saturated rings. The maximum absolute atomic E-state index is 5.62. The van der Waals surface area contributed by atoms with Crippen molar-refractivity contribution < 1.29 is 0 Å².